The third kappa shape index (κ3) is 4.05. The Hall–Kier alpha value is -3.06. The normalized spacial score (nSPS) is 18.4. The highest BCUT2D eigenvalue weighted by molar-refractivity contribution is 7.92. The molecule has 1 heterocycles. The van der Waals surface area contributed by atoms with Crippen molar-refractivity contribution < 1.29 is 13.5 Å². The lowest BCUT2D eigenvalue weighted by Gasteiger charge is -2.12. The number of hydrogen-bond donors (Lipinski definition) is 3. The fourth-order valence-corrected chi connectivity index (χ4v) is 4.41. The van der Waals surface area contributed by atoms with Gasteiger partial charge in [-0.1, -0.05) is 18.2 Å². The van der Waals surface area contributed by atoms with Crippen molar-refractivity contribution in [3.63, 3.8) is 0 Å². The van der Waals surface area contributed by atoms with Crippen molar-refractivity contribution in [2.75, 3.05) is 11.0 Å². The number of anilines is 1. The average Bonchev–Trinajstić information content (AvgIpc) is 3.44. The zero-order valence-electron chi connectivity index (χ0n) is 16.1. The van der Waals surface area contributed by atoms with Crippen LogP contribution in [0.15, 0.2) is 59.5 Å². The van der Waals surface area contributed by atoms with Crippen LogP contribution in [0.2, 0.25) is 0 Å². The highest BCUT2D eigenvalue weighted by atomic mass is 32.2. The van der Waals surface area contributed by atoms with Gasteiger partial charge in [-0.2, -0.15) is 0 Å². The molecular formula is C22H22N2O4S. The third-order valence-electron chi connectivity index (χ3n) is 5.22. The number of pyridine rings is 1. The van der Waals surface area contributed by atoms with Crippen molar-refractivity contribution in [2.45, 2.75) is 25.2 Å². The van der Waals surface area contributed by atoms with Crippen molar-refractivity contribution in [1.82, 2.24) is 4.98 Å². The minimum Gasteiger partial charge on any atom is -0.507 e. The first-order chi connectivity index (χ1) is 13.7. The maximum atomic E-state index is 12.2. The second-order valence-electron chi connectivity index (χ2n) is 7.61. The molecule has 4 rings (SSSR count). The lowest BCUT2D eigenvalue weighted by molar-refractivity contribution is 0.470. The van der Waals surface area contributed by atoms with Crippen LogP contribution in [0.1, 0.15) is 34.9 Å². The molecule has 0 radical (unpaired) electrons. The lowest BCUT2D eigenvalue weighted by Crippen LogP contribution is -2.09. The number of hydrogen-bond acceptors (Lipinski definition) is 4. The molecule has 3 N–H and O–H groups in total. The fourth-order valence-electron chi connectivity index (χ4n) is 3.85. The van der Waals surface area contributed by atoms with Crippen molar-refractivity contribution in [2.24, 2.45) is 0 Å². The van der Waals surface area contributed by atoms with Crippen molar-refractivity contribution in [1.29, 1.82) is 0 Å². The van der Waals surface area contributed by atoms with Crippen LogP contribution in [0, 0.1) is 6.92 Å². The first-order valence-corrected chi connectivity index (χ1v) is 11.2. The van der Waals surface area contributed by atoms with Gasteiger partial charge in [0, 0.05) is 17.4 Å². The number of nitrogens with one attached hydrogen (secondary N) is 2. The van der Waals surface area contributed by atoms with E-state index in [2.05, 4.69) is 9.71 Å². The van der Waals surface area contributed by atoms with Gasteiger partial charge in [-0.15, -0.1) is 0 Å². The van der Waals surface area contributed by atoms with Crippen LogP contribution in [0.3, 0.4) is 0 Å². The standard InChI is InChI=1S/C22H22N2O4S/c1-13-10-19(16-4-3-9-23-22(16)26)21(25)20(11-13)18-12-17(18)14-5-7-15(8-6-14)24-29(2,27)28/h3-11,17-18,24-25H,12H2,1-2H3,(H,23,26). The van der Waals surface area contributed by atoms with Gasteiger partial charge in [0.1, 0.15) is 5.75 Å². The van der Waals surface area contributed by atoms with Crippen LogP contribution in [0.25, 0.3) is 11.1 Å². The first kappa shape index (κ1) is 19.3. The lowest BCUT2D eigenvalue weighted by atomic mass is 9.95. The van der Waals surface area contributed by atoms with Gasteiger partial charge in [0.05, 0.1) is 11.8 Å². The van der Waals surface area contributed by atoms with Crippen LogP contribution in [-0.2, 0) is 10.0 Å². The first-order valence-electron chi connectivity index (χ1n) is 9.32. The number of H-pyrrole nitrogens is 1. The molecule has 0 spiro atoms. The maximum Gasteiger partial charge on any atom is 0.255 e. The molecule has 0 saturated heterocycles. The zero-order chi connectivity index (χ0) is 20.8. The molecule has 29 heavy (non-hydrogen) atoms. The molecule has 2 aromatic carbocycles. The molecule has 2 unspecified atom stereocenters. The molecule has 2 atom stereocenters. The van der Waals surface area contributed by atoms with E-state index >= 15 is 0 Å². The quantitative estimate of drug-likeness (QED) is 0.597. The molecule has 0 aliphatic heterocycles. The molecule has 0 amide bonds. The summed E-state index contributed by atoms with van der Waals surface area (Å²) in [5.41, 5.74) is 4.19. The predicted octanol–water partition coefficient (Wildman–Crippen LogP) is 3.70. The number of benzene rings is 2. The molecule has 7 heteroatoms. The van der Waals surface area contributed by atoms with Gasteiger partial charge < -0.3 is 10.1 Å². The van der Waals surface area contributed by atoms with Crippen LogP contribution >= 0.6 is 0 Å². The summed E-state index contributed by atoms with van der Waals surface area (Å²) in [6.45, 7) is 1.95. The molecule has 1 aliphatic rings. The van der Waals surface area contributed by atoms with Gasteiger partial charge in [-0.05, 0) is 72.2 Å². The topological polar surface area (TPSA) is 99.3 Å². The monoisotopic (exact) mass is 410 g/mol. The largest absolute Gasteiger partial charge is 0.507 e. The second-order valence-corrected chi connectivity index (χ2v) is 9.36. The fraction of sp³-hybridized carbons (Fsp3) is 0.227. The number of aryl methyl sites for hydroxylation is 1. The Kier molecular flexibility index (Phi) is 4.70. The Bertz CT molecular complexity index is 1230. The predicted molar refractivity (Wildman–Crippen MR) is 114 cm³/mol. The van der Waals surface area contributed by atoms with E-state index in [1.165, 1.54) is 0 Å². The highest BCUT2D eigenvalue weighted by Crippen LogP contribution is 2.57. The molecule has 0 bridgehead atoms. The van der Waals surface area contributed by atoms with Gasteiger partial charge in [-0.3, -0.25) is 9.52 Å². The number of aromatic nitrogens is 1. The van der Waals surface area contributed by atoms with Gasteiger partial charge in [0.15, 0.2) is 0 Å². The number of phenolic OH excluding ortho intramolecular Hbond substituents is 1. The number of aromatic hydroxyl groups is 1. The Balaban J connectivity index is 1.63. The molecular weight excluding hydrogens is 388 g/mol. The summed E-state index contributed by atoms with van der Waals surface area (Å²) in [5.74, 6) is 0.553. The smallest absolute Gasteiger partial charge is 0.255 e. The van der Waals surface area contributed by atoms with Crippen LogP contribution in [-0.4, -0.2) is 24.8 Å². The summed E-state index contributed by atoms with van der Waals surface area (Å²) in [7, 11) is -3.30. The van der Waals surface area contributed by atoms with E-state index in [0.717, 1.165) is 29.4 Å². The van der Waals surface area contributed by atoms with Gasteiger partial charge >= 0.3 is 0 Å². The van der Waals surface area contributed by atoms with Crippen molar-refractivity contribution >= 4 is 15.7 Å². The van der Waals surface area contributed by atoms with Gasteiger partial charge in [0.25, 0.3) is 5.56 Å². The average molecular weight is 410 g/mol. The molecule has 3 aromatic rings. The zero-order valence-corrected chi connectivity index (χ0v) is 17.0. The summed E-state index contributed by atoms with van der Waals surface area (Å²) in [5, 5.41) is 10.9. The molecule has 150 valence electrons. The summed E-state index contributed by atoms with van der Waals surface area (Å²) in [6.07, 6.45) is 3.58. The summed E-state index contributed by atoms with van der Waals surface area (Å²) in [6, 6.07) is 14.6. The minimum absolute atomic E-state index is 0.148. The number of aromatic amines is 1. The minimum atomic E-state index is -3.30. The molecule has 1 aliphatic carbocycles. The highest BCUT2D eigenvalue weighted by Gasteiger charge is 2.41. The van der Waals surface area contributed by atoms with E-state index < -0.39 is 10.0 Å². The summed E-state index contributed by atoms with van der Waals surface area (Å²) >= 11 is 0. The van der Waals surface area contributed by atoms with E-state index in [9.17, 15) is 18.3 Å². The van der Waals surface area contributed by atoms with Gasteiger partial charge in [-0.25, -0.2) is 8.42 Å². The van der Waals surface area contributed by atoms with Crippen molar-refractivity contribution in [3.8, 4) is 16.9 Å². The number of rotatable bonds is 5. The summed E-state index contributed by atoms with van der Waals surface area (Å²) in [4.78, 5) is 14.8. The molecule has 6 nitrogen and oxygen atoms in total. The Morgan fingerprint density at radius 2 is 1.79 bits per heavy atom. The Labute approximate surface area is 169 Å². The van der Waals surface area contributed by atoms with E-state index in [4.69, 9.17) is 0 Å². The Morgan fingerprint density at radius 1 is 1.07 bits per heavy atom. The Morgan fingerprint density at radius 3 is 2.45 bits per heavy atom. The second kappa shape index (κ2) is 7.08. The maximum absolute atomic E-state index is 12.2. The van der Waals surface area contributed by atoms with Gasteiger partial charge in [0.2, 0.25) is 10.0 Å². The van der Waals surface area contributed by atoms with E-state index in [1.54, 1.807) is 30.5 Å². The molecule has 1 fully saturated rings. The van der Waals surface area contributed by atoms with Crippen LogP contribution in [0.5, 0.6) is 5.75 Å². The molecule has 1 aromatic heterocycles. The van der Waals surface area contributed by atoms with Crippen molar-refractivity contribution in [3.05, 3.63) is 81.8 Å². The molecule has 1 saturated carbocycles. The van der Waals surface area contributed by atoms with Crippen LogP contribution in [0.4, 0.5) is 5.69 Å². The number of phenols is 1. The van der Waals surface area contributed by atoms with E-state index in [0.29, 0.717) is 16.8 Å². The third-order valence-corrected chi connectivity index (χ3v) is 5.83. The summed E-state index contributed by atoms with van der Waals surface area (Å²) < 4.78 is 25.2. The SMILES string of the molecule is Cc1cc(-c2ccc[nH]c2=O)c(O)c(C2CC2c2ccc(NS(C)(=O)=O)cc2)c1. The van der Waals surface area contributed by atoms with Crippen LogP contribution < -0.4 is 10.3 Å². The number of sulfonamides is 1. The van der Waals surface area contributed by atoms with E-state index in [1.807, 2.05) is 31.2 Å². The van der Waals surface area contributed by atoms with E-state index in [-0.39, 0.29) is 23.1 Å².